The third kappa shape index (κ3) is 4.24. The molecule has 0 aliphatic carbocycles. The van der Waals surface area contributed by atoms with Crippen LogP contribution in [0.2, 0.25) is 0 Å². The number of hydrogen-bond acceptors (Lipinski definition) is 6. The molecule has 4 rings (SSSR count). The standard InChI is InChI=1S/C20H19BrF2N6OS/c1-10-13(21)7-11(18(22)23)12(15(10)24)8-26-17(19(30)28-20-25-4-6-31-20)16-14-3-2-5-29(14)9-27-16/h4,6-9,17-18H,2-3,5,24H2,1H3,(H,25,28,30). The maximum atomic E-state index is 13.7. The largest absolute Gasteiger partial charge is 0.398 e. The monoisotopic (exact) mass is 508 g/mol. The van der Waals surface area contributed by atoms with Crippen LogP contribution in [-0.2, 0) is 17.8 Å². The van der Waals surface area contributed by atoms with Gasteiger partial charge in [0.25, 0.3) is 12.3 Å². The van der Waals surface area contributed by atoms with Gasteiger partial charge in [0.15, 0.2) is 11.2 Å². The van der Waals surface area contributed by atoms with Crippen LogP contribution < -0.4 is 11.1 Å². The molecule has 3 heterocycles. The quantitative estimate of drug-likeness (QED) is 0.373. The van der Waals surface area contributed by atoms with Gasteiger partial charge in [0.05, 0.1) is 12.0 Å². The van der Waals surface area contributed by atoms with Crippen LogP contribution in [0.1, 0.15) is 47.0 Å². The van der Waals surface area contributed by atoms with E-state index in [4.69, 9.17) is 5.73 Å². The lowest BCUT2D eigenvalue weighted by Gasteiger charge is -2.15. The number of amides is 1. The van der Waals surface area contributed by atoms with E-state index in [0.29, 0.717) is 20.9 Å². The van der Waals surface area contributed by atoms with Gasteiger partial charge in [-0.1, -0.05) is 15.9 Å². The predicted molar refractivity (Wildman–Crippen MR) is 120 cm³/mol. The van der Waals surface area contributed by atoms with Crippen molar-refractivity contribution in [1.29, 1.82) is 0 Å². The Labute approximate surface area is 189 Å². The molecule has 162 valence electrons. The molecule has 3 aromatic rings. The fourth-order valence-electron chi connectivity index (χ4n) is 3.54. The van der Waals surface area contributed by atoms with Gasteiger partial charge in [0.1, 0.15) is 0 Å². The number of benzene rings is 1. The average molecular weight is 509 g/mol. The Morgan fingerprint density at radius 3 is 2.97 bits per heavy atom. The number of alkyl halides is 2. The normalized spacial score (nSPS) is 14.4. The van der Waals surface area contributed by atoms with Gasteiger partial charge in [-0.3, -0.25) is 15.1 Å². The number of aromatic nitrogens is 3. The zero-order valence-corrected chi connectivity index (χ0v) is 18.9. The van der Waals surface area contributed by atoms with E-state index in [2.05, 4.69) is 36.2 Å². The number of aliphatic imine (C=N–C) groups is 1. The number of hydrogen-bond donors (Lipinski definition) is 2. The van der Waals surface area contributed by atoms with Crippen molar-refractivity contribution in [3.63, 3.8) is 0 Å². The SMILES string of the molecule is Cc1c(Br)cc(C(F)F)c(C=NC(C(=O)Nc2nccs2)c2ncn3c2CCC3)c1N. The molecule has 1 atom stereocenters. The number of aryl methyl sites for hydroxylation is 1. The van der Waals surface area contributed by atoms with Gasteiger partial charge in [-0.05, 0) is 31.4 Å². The van der Waals surface area contributed by atoms with Crippen molar-refractivity contribution in [2.75, 3.05) is 11.1 Å². The Kier molecular flexibility index (Phi) is 6.15. The molecule has 0 saturated carbocycles. The number of nitrogens with one attached hydrogen (secondary N) is 1. The molecule has 11 heteroatoms. The molecule has 7 nitrogen and oxygen atoms in total. The molecule has 0 spiro atoms. The zero-order chi connectivity index (χ0) is 22.1. The molecule has 1 unspecified atom stereocenters. The lowest BCUT2D eigenvalue weighted by Crippen LogP contribution is -2.21. The van der Waals surface area contributed by atoms with Crippen LogP contribution in [0, 0.1) is 6.92 Å². The summed E-state index contributed by atoms with van der Waals surface area (Å²) in [6.45, 7) is 2.54. The summed E-state index contributed by atoms with van der Waals surface area (Å²) in [7, 11) is 0. The Bertz CT molecular complexity index is 1150. The molecule has 0 fully saturated rings. The van der Waals surface area contributed by atoms with Crippen LogP contribution in [-0.4, -0.2) is 26.7 Å². The number of nitrogens with zero attached hydrogens (tertiary/aromatic N) is 4. The second-order valence-corrected chi connectivity index (χ2v) is 8.83. The lowest BCUT2D eigenvalue weighted by molar-refractivity contribution is -0.117. The Hall–Kier alpha value is -2.66. The smallest absolute Gasteiger partial charge is 0.264 e. The Morgan fingerprint density at radius 1 is 1.45 bits per heavy atom. The zero-order valence-electron chi connectivity index (χ0n) is 16.5. The van der Waals surface area contributed by atoms with Crippen molar-refractivity contribution in [2.24, 2.45) is 4.99 Å². The van der Waals surface area contributed by atoms with E-state index < -0.39 is 18.4 Å². The number of fused-ring (bicyclic) bond motifs is 1. The summed E-state index contributed by atoms with van der Waals surface area (Å²) in [6, 6.07) is 0.309. The topological polar surface area (TPSA) is 98.2 Å². The van der Waals surface area contributed by atoms with Crippen LogP contribution in [0.25, 0.3) is 0 Å². The number of carbonyl (C=O) groups excluding carboxylic acids is 1. The van der Waals surface area contributed by atoms with Crippen molar-refractivity contribution in [1.82, 2.24) is 14.5 Å². The number of rotatable bonds is 6. The first-order valence-corrected chi connectivity index (χ1v) is 11.2. The summed E-state index contributed by atoms with van der Waals surface area (Å²) in [6.07, 6.45) is 3.48. The van der Waals surface area contributed by atoms with Gasteiger partial charge >= 0.3 is 0 Å². The first-order chi connectivity index (χ1) is 14.9. The molecule has 0 bridgehead atoms. The third-order valence-electron chi connectivity index (χ3n) is 5.19. The number of nitrogens with two attached hydrogens (primary N) is 1. The minimum atomic E-state index is -2.75. The summed E-state index contributed by atoms with van der Waals surface area (Å²) in [5.41, 5.74) is 8.19. The van der Waals surface area contributed by atoms with E-state index >= 15 is 0 Å². The molecule has 0 radical (unpaired) electrons. The molecule has 1 aliphatic heterocycles. The molecule has 1 aliphatic rings. The van der Waals surface area contributed by atoms with Crippen LogP contribution >= 0.6 is 27.3 Å². The maximum absolute atomic E-state index is 13.7. The molecule has 0 saturated heterocycles. The highest BCUT2D eigenvalue weighted by Gasteiger charge is 2.29. The molecule has 1 aromatic carbocycles. The molecule has 3 N–H and O–H groups in total. The first kappa shape index (κ1) is 21.6. The number of thiazole rings is 1. The third-order valence-corrected chi connectivity index (χ3v) is 6.71. The Balaban J connectivity index is 1.75. The highest BCUT2D eigenvalue weighted by Crippen LogP contribution is 2.34. The van der Waals surface area contributed by atoms with Crippen molar-refractivity contribution in [3.8, 4) is 0 Å². The van der Waals surface area contributed by atoms with Gasteiger partial charge in [-0.25, -0.2) is 18.7 Å². The minimum absolute atomic E-state index is 0.0959. The van der Waals surface area contributed by atoms with Gasteiger partial charge < -0.3 is 10.3 Å². The van der Waals surface area contributed by atoms with Crippen molar-refractivity contribution in [2.45, 2.75) is 38.8 Å². The fourth-order valence-corrected chi connectivity index (χ4v) is 4.53. The molecule has 31 heavy (non-hydrogen) atoms. The van der Waals surface area contributed by atoms with E-state index in [1.165, 1.54) is 23.6 Å². The number of halogens is 3. The summed E-state index contributed by atoms with van der Waals surface area (Å²) in [5, 5.41) is 4.89. The first-order valence-electron chi connectivity index (χ1n) is 9.51. The van der Waals surface area contributed by atoms with E-state index in [1.807, 2.05) is 4.57 Å². The summed E-state index contributed by atoms with van der Waals surface area (Å²) in [5.74, 6) is -0.439. The fraction of sp³-hybridized carbons (Fsp3) is 0.300. The molecule has 2 aromatic heterocycles. The van der Waals surface area contributed by atoms with Crippen molar-refractivity contribution < 1.29 is 13.6 Å². The highest BCUT2D eigenvalue weighted by atomic mass is 79.9. The molecular formula is C20H19BrF2N6OS. The number of carbonyl (C=O) groups is 1. The van der Waals surface area contributed by atoms with Crippen LogP contribution in [0.5, 0.6) is 0 Å². The summed E-state index contributed by atoms with van der Waals surface area (Å²) in [4.78, 5) is 25.9. The minimum Gasteiger partial charge on any atom is -0.398 e. The van der Waals surface area contributed by atoms with Crippen LogP contribution in [0.4, 0.5) is 19.6 Å². The molecular weight excluding hydrogens is 490 g/mol. The number of nitrogen functional groups attached to an aromatic ring is 1. The van der Waals surface area contributed by atoms with E-state index in [-0.39, 0.29) is 16.8 Å². The number of anilines is 2. The second kappa shape index (κ2) is 8.83. The van der Waals surface area contributed by atoms with E-state index in [9.17, 15) is 13.6 Å². The Morgan fingerprint density at radius 2 is 2.26 bits per heavy atom. The van der Waals surface area contributed by atoms with Crippen LogP contribution in [0.15, 0.2) is 33.4 Å². The van der Waals surface area contributed by atoms with E-state index in [1.54, 1.807) is 24.8 Å². The summed E-state index contributed by atoms with van der Waals surface area (Å²) >= 11 is 4.53. The van der Waals surface area contributed by atoms with Gasteiger partial charge in [0.2, 0.25) is 0 Å². The van der Waals surface area contributed by atoms with Crippen molar-refractivity contribution in [3.05, 3.63) is 56.5 Å². The van der Waals surface area contributed by atoms with Crippen molar-refractivity contribution >= 4 is 50.2 Å². The predicted octanol–water partition coefficient (Wildman–Crippen LogP) is 4.68. The number of imidazole rings is 1. The van der Waals surface area contributed by atoms with Crippen LogP contribution in [0.3, 0.4) is 0 Å². The maximum Gasteiger partial charge on any atom is 0.264 e. The van der Waals surface area contributed by atoms with Gasteiger partial charge in [-0.15, -0.1) is 11.3 Å². The van der Waals surface area contributed by atoms with Gasteiger partial charge in [-0.2, -0.15) is 0 Å². The average Bonchev–Trinajstić information content (AvgIpc) is 3.47. The summed E-state index contributed by atoms with van der Waals surface area (Å²) < 4.78 is 29.8. The second-order valence-electron chi connectivity index (χ2n) is 7.08. The van der Waals surface area contributed by atoms with E-state index in [0.717, 1.165) is 25.1 Å². The highest BCUT2D eigenvalue weighted by molar-refractivity contribution is 9.10. The molecule has 1 amide bonds. The lowest BCUT2D eigenvalue weighted by atomic mass is 10.0. The van der Waals surface area contributed by atoms with Gasteiger partial charge in [0, 0.05) is 51.3 Å².